The normalized spacial score (nSPS) is 20.4. The predicted molar refractivity (Wildman–Crippen MR) is 60.7 cm³/mol. The molecule has 16 heavy (non-hydrogen) atoms. The van der Waals surface area contributed by atoms with Crippen molar-refractivity contribution in [2.24, 2.45) is 0 Å². The van der Waals surface area contributed by atoms with Crippen molar-refractivity contribution >= 4 is 5.78 Å². The van der Waals surface area contributed by atoms with Gasteiger partial charge < -0.3 is 9.47 Å². The quantitative estimate of drug-likeness (QED) is 0.735. The fourth-order valence-corrected chi connectivity index (χ4v) is 1.72. The maximum Gasteiger partial charge on any atom is 0.199 e. The molecular weight excluding hydrogens is 204 g/mol. The molecule has 0 saturated carbocycles. The Kier molecular flexibility index (Phi) is 3.57. The fraction of sp³-hybridized carbons (Fsp3) is 0.462. The summed E-state index contributed by atoms with van der Waals surface area (Å²) in [4.78, 5) is 11.1. The van der Waals surface area contributed by atoms with E-state index in [9.17, 15) is 4.79 Å². The second kappa shape index (κ2) is 5.12. The van der Waals surface area contributed by atoms with E-state index in [1.165, 1.54) is 0 Å². The zero-order chi connectivity index (χ0) is 11.4. The number of hydrogen-bond acceptors (Lipinski definition) is 3. The Morgan fingerprint density at radius 1 is 1.31 bits per heavy atom. The second-order valence-corrected chi connectivity index (χ2v) is 3.99. The summed E-state index contributed by atoms with van der Waals surface area (Å²) < 4.78 is 11.1. The van der Waals surface area contributed by atoms with E-state index in [0.717, 1.165) is 31.6 Å². The molecule has 0 N–H and O–H groups in total. The van der Waals surface area contributed by atoms with Crippen LogP contribution < -0.4 is 4.74 Å². The monoisotopic (exact) mass is 220 g/mol. The van der Waals surface area contributed by atoms with Gasteiger partial charge in [-0.05, 0) is 44.0 Å². The molecule has 3 nitrogen and oxygen atoms in total. The maximum atomic E-state index is 11.1. The van der Waals surface area contributed by atoms with Crippen molar-refractivity contribution in [3.63, 3.8) is 0 Å². The predicted octanol–water partition coefficient (Wildman–Crippen LogP) is 2.79. The van der Waals surface area contributed by atoms with Crippen LogP contribution in [0.15, 0.2) is 24.3 Å². The Morgan fingerprint density at radius 2 is 2.06 bits per heavy atom. The van der Waals surface area contributed by atoms with Crippen LogP contribution in [-0.2, 0) is 4.74 Å². The highest BCUT2D eigenvalue weighted by atomic mass is 16.7. The first-order valence-electron chi connectivity index (χ1n) is 5.65. The van der Waals surface area contributed by atoms with E-state index in [1.807, 2.05) is 12.1 Å². The summed E-state index contributed by atoms with van der Waals surface area (Å²) in [6.45, 7) is 2.33. The molecule has 1 aliphatic rings. The van der Waals surface area contributed by atoms with E-state index < -0.39 is 0 Å². The first kappa shape index (κ1) is 11.1. The number of ketones is 1. The average Bonchev–Trinajstić information content (AvgIpc) is 2.31. The summed E-state index contributed by atoms with van der Waals surface area (Å²) in [7, 11) is 0. The van der Waals surface area contributed by atoms with Gasteiger partial charge in [-0.1, -0.05) is 0 Å². The summed E-state index contributed by atoms with van der Waals surface area (Å²) in [6, 6.07) is 7.18. The average molecular weight is 220 g/mol. The lowest BCUT2D eigenvalue weighted by Gasteiger charge is -2.23. The molecule has 1 fully saturated rings. The zero-order valence-corrected chi connectivity index (χ0v) is 9.44. The second-order valence-electron chi connectivity index (χ2n) is 3.99. The van der Waals surface area contributed by atoms with Crippen LogP contribution in [0.3, 0.4) is 0 Å². The van der Waals surface area contributed by atoms with Gasteiger partial charge in [-0.15, -0.1) is 0 Å². The molecule has 1 saturated heterocycles. The molecule has 0 aromatic heterocycles. The molecule has 3 heteroatoms. The Morgan fingerprint density at radius 3 is 2.62 bits per heavy atom. The Hall–Kier alpha value is -1.35. The largest absolute Gasteiger partial charge is 0.465 e. The Bertz CT molecular complexity index is 350. The molecule has 2 rings (SSSR count). The third-order valence-electron chi connectivity index (χ3n) is 2.67. The minimum atomic E-state index is -0.128. The van der Waals surface area contributed by atoms with E-state index in [-0.39, 0.29) is 12.1 Å². The highest BCUT2D eigenvalue weighted by Crippen LogP contribution is 2.19. The first-order valence-corrected chi connectivity index (χ1v) is 5.65. The molecule has 0 bridgehead atoms. The van der Waals surface area contributed by atoms with Crippen LogP contribution in [-0.4, -0.2) is 18.7 Å². The molecule has 1 aromatic carbocycles. The Balaban J connectivity index is 1.96. The third kappa shape index (κ3) is 2.83. The molecular formula is C13H16O3. The van der Waals surface area contributed by atoms with Gasteiger partial charge in [0.1, 0.15) is 5.75 Å². The molecule has 0 amide bonds. The topological polar surface area (TPSA) is 35.5 Å². The van der Waals surface area contributed by atoms with Crippen LogP contribution in [0.2, 0.25) is 0 Å². The van der Waals surface area contributed by atoms with Crippen molar-refractivity contribution in [1.29, 1.82) is 0 Å². The molecule has 1 unspecified atom stereocenters. The minimum absolute atomic E-state index is 0.0699. The molecule has 0 radical (unpaired) electrons. The number of carbonyl (C=O) groups is 1. The fourth-order valence-electron chi connectivity index (χ4n) is 1.72. The van der Waals surface area contributed by atoms with Gasteiger partial charge in [0.15, 0.2) is 12.1 Å². The van der Waals surface area contributed by atoms with Gasteiger partial charge in [0.25, 0.3) is 0 Å². The van der Waals surface area contributed by atoms with Gasteiger partial charge in [0, 0.05) is 12.0 Å². The van der Waals surface area contributed by atoms with Crippen LogP contribution in [0.5, 0.6) is 5.75 Å². The van der Waals surface area contributed by atoms with Gasteiger partial charge in [-0.3, -0.25) is 4.79 Å². The van der Waals surface area contributed by atoms with Gasteiger partial charge >= 0.3 is 0 Å². The van der Waals surface area contributed by atoms with Crippen LogP contribution in [0.1, 0.15) is 36.5 Å². The van der Waals surface area contributed by atoms with E-state index in [1.54, 1.807) is 19.1 Å². The summed E-state index contributed by atoms with van der Waals surface area (Å²) in [6.07, 6.45) is 3.07. The number of Topliss-reactive ketones (excluding diaryl/α,β-unsaturated/α-hetero) is 1. The van der Waals surface area contributed by atoms with E-state index >= 15 is 0 Å². The molecule has 1 aliphatic heterocycles. The van der Waals surface area contributed by atoms with Crippen LogP contribution in [0, 0.1) is 0 Å². The SMILES string of the molecule is CC(=O)c1ccc(OC2CCCCO2)cc1. The summed E-state index contributed by atoms with van der Waals surface area (Å²) in [5, 5.41) is 0. The lowest BCUT2D eigenvalue weighted by Crippen LogP contribution is -2.24. The van der Waals surface area contributed by atoms with Gasteiger partial charge in [-0.25, -0.2) is 0 Å². The number of ether oxygens (including phenoxy) is 2. The smallest absolute Gasteiger partial charge is 0.199 e. The van der Waals surface area contributed by atoms with Gasteiger partial charge in [-0.2, -0.15) is 0 Å². The molecule has 0 spiro atoms. The Labute approximate surface area is 95.4 Å². The zero-order valence-electron chi connectivity index (χ0n) is 9.44. The van der Waals surface area contributed by atoms with Crippen molar-refractivity contribution in [3.8, 4) is 5.75 Å². The first-order chi connectivity index (χ1) is 7.75. The van der Waals surface area contributed by atoms with Crippen molar-refractivity contribution in [3.05, 3.63) is 29.8 Å². The van der Waals surface area contributed by atoms with E-state index in [2.05, 4.69) is 0 Å². The lowest BCUT2D eigenvalue weighted by atomic mass is 10.1. The maximum absolute atomic E-state index is 11.1. The molecule has 1 heterocycles. The lowest BCUT2D eigenvalue weighted by molar-refractivity contribution is -0.105. The van der Waals surface area contributed by atoms with Crippen LogP contribution >= 0.6 is 0 Å². The number of hydrogen-bond donors (Lipinski definition) is 0. The van der Waals surface area contributed by atoms with Crippen LogP contribution in [0.25, 0.3) is 0 Å². The molecule has 0 aliphatic carbocycles. The van der Waals surface area contributed by atoms with E-state index in [4.69, 9.17) is 9.47 Å². The number of carbonyl (C=O) groups excluding carboxylic acids is 1. The van der Waals surface area contributed by atoms with Gasteiger partial charge in [0.05, 0.1) is 6.61 Å². The van der Waals surface area contributed by atoms with Crippen LogP contribution in [0.4, 0.5) is 0 Å². The van der Waals surface area contributed by atoms with Crippen molar-refractivity contribution in [2.75, 3.05) is 6.61 Å². The van der Waals surface area contributed by atoms with Crippen molar-refractivity contribution in [1.82, 2.24) is 0 Å². The standard InChI is InChI=1S/C13H16O3/c1-10(14)11-5-7-12(8-6-11)16-13-4-2-3-9-15-13/h5-8,13H,2-4,9H2,1H3. The summed E-state index contributed by atoms with van der Waals surface area (Å²) in [5.74, 6) is 0.831. The number of rotatable bonds is 3. The van der Waals surface area contributed by atoms with Crippen molar-refractivity contribution in [2.45, 2.75) is 32.5 Å². The van der Waals surface area contributed by atoms with Gasteiger partial charge in [0.2, 0.25) is 0 Å². The van der Waals surface area contributed by atoms with Crippen molar-refractivity contribution < 1.29 is 14.3 Å². The molecule has 1 aromatic rings. The van der Waals surface area contributed by atoms with E-state index in [0.29, 0.717) is 5.56 Å². The summed E-state index contributed by atoms with van der Waals surface area (Å²) >= 11 is 0. The minimum Gasteiger partial charge on any atom is -0.465 e. The highest BCUT2D eigenvalue weighted by molar-refractivity contribution is 5.94. The summed E-state index contributed by atoms with van der Waals surface area (Å²) in [5.41, 5.74) is 0.705. The third-order valence-corrected chi connectivity index (χ3v) is 2.67. The molecule has 1 atom stereocenters. The highest BCUT2D eigenvalue weighted by Gasteiger charge is 2.14. The number of benzene rings is 1. The molecule has 86 valence electrons.